The van der Waals surface area contributed by atoms with Gasteiger partial charge in [0.25, 0.3) is 0 Å². The molecule has 0 radical (unpaired) electrons. The number of nitrogens with zero attached hydrogens (tertiary/aromatic N) is 1. The van der Waals surface area contributed by atoms with Crippen LogP contribution in [0.3, 0.4) is 0 Å². The molecule has 24 heavy (non-hydrogen) atoms. The zero-order chi connectivity index (χ0) is 17.3. The molecule has 2 heterocycles. The number of amides is 1. The summed E-state index contributed by atoms with van der Waals surface area (Å²) in [5, 5.41) is 6.03. The van der Waals surface area contributed by atoms with Crippen LogP contribution >= 0.6 is 0 Å². The lowest BCUT2D eigenvalue weighted by molar-refractivity contribution is 0.0636. The third-order valence-electron chi connectivity index (χ3n) is 4.04. The monoisotopic (exact) mass is 332 g/mol. The van der Waals surface area contributed by atoms with Crippen LogP contribution < -0.4 is 16.3 Å². The fourth-order valence-electron chi connectivity index (χ4n) is 3.05. The Labute approximate surface area is 140 Å². The number of ether oxygens (including phenoxy) is 1. The van der Waals surface area contributed by atoms with Gasteiger partial charge in [-0.2, -0.15) is 0 Å². The van der Waals surface area contributed by atoms with E-state index in [0.717, 1.165) is 37.0 Å². The highest BCUT2D eigenvalue weighted by Crippen LogP contribution is 2.24. The minimum Gasteiger partial charge on any atom is -0.444 e. The van der Waals surface area contributed by atoms with E-state index in [1.807, 2.05) is 26.8 Å². The second kappa shape index (κ2) is 6.32. The van der Waals surface area contributed by atoms with Crippen molar-refractivity contribution >= 4 is 22.8 Å². The summed E-state index contributed by atoms with van der Waals surface area (Å²) in [6.07, 6.45) is 1.32. The van der Waals surface area contributed by atoms with Crippen LogP contribution in [0.2, 0.25) is 0 Å². The molecule has 0 unspecified atom stereocenters. The highest BCUT2D eigenvalue weighted by Gasteiger charge is 2.20. The predicted molar refractivity (Wildman–Crippen MR) is 93.6 cm³/mol. The number of aromatic nitrogens is 2. The van der Waals surface area contributed by atoms with Crippen LogP contribution in [0.5, 0.6) is 0 Å². The number of fused-ring (bicyclic) bond motifs is 1. The molecule has 0 bridgehead atoms. The van der Waals surface area contributed by atoms with Crippen molar-refractivity contribution in [1.82, 2.24) is 14.9 Å². The molecule has 1 aromatic heterocycles. The van der Waals surface area contributed by atoms with Crippen LogP contribution in [0.25, 0.3) is 11.0 Å². The van der Waals surface area contributed by atoms with Crippen LogP contribution in [-0.2, 0) is 4.74 Å². The van der Waals surface area contributed by atoms with Crippen molar-refractivity contribution in [1.29, 1.82) is 0 Å². The van der Waals surface area contributed by atoms with Crippen LogP contribution in [0.15, 0.2) is 23.0 Å². The zero-order valence-corrected chi connectivity index (χ0v) is 14.3. The fourth-order valence-corrected chi connectivity index (χ4v) is 3.05. The average Bonchev–Trinajstić information content (AvgIpc) is 2.81. The van der Waals surface area contributed by atoms with Crippen molar-refractivity contribution in [3.05, 3.63) is 28.7 Å². The van der Waals surface area contributed by atoms with Crippen molar-refractivity contribution in [2.45, 2.75) is 45.3 Å². The minimum absolute atomic E-state index is 0.105. The minimum atomic E-state index is -0.556. The summed E-state index contributed by atoms with van der Waals surface area (Å²) in [5.74, 6) is 0. The van der Waals surface area contributed by atoms with Crippen LogP contribution in [-0.4, -0.2) is 34.3 Å². The lowest BCUT2D eigenvalue weighted by atomic mass is 10.1. The first-order chi connectivity index (χ1) is 11.3. The molecule has 3 rings (SSSR count). The standard InChI is InChI=1S/C17H24N4O3/c1-17(2,3)24-16(23)19-11-4-5-13-14(10-11)21(15(22)20-13)12-6-8-18-9-7-12/h4-5,10,12,18H,6-9H2,1-3H3,(H,19,23)(H,20,22). The number of aromatic amines is 1. The summed E-state index contributed by atoms with van der Waals surface area (Å²) < 4.78 is 7.07. The first-order valence-corrected chi connectivity index (χ1v) is 8.28. The SMILES string of the molecule is CC(C)(C)OC(=O)Nc1ccc2[nH]c(=O)n(C3CCNCC3)c2c1. The molecule has 1 aromatic carbocycles. The molecule has 0 saturated carbocycles. The maximum absolute atomic E-state index is 12.3. The van der Waals surface area contributed by atoms with E-state index in [1.54, 1.807) is 16.7 Å². The van der Waals surface area contributed by atoms with Crippen molar-refractivity contribution in [3.63, 3.8) is 0 Å². The maximum atomic E-state index is 12.3. The molecule has 7 heteroatoms. The lowest BCUT2D eigenvalue weighted by Crippen LogP contribution is -2.33. The summed E-state index contributed by atoms with van der Waals surface area (Å²) in [6.45, 7) is 7.25. The molecule has 0 atom stereocenters. The second-order valence-electron chi connectivity index (χ2n) is 7.14. The van der Waals surface area contributed by atoms with E-state index in [2.05, 4.69) is 15.6 Å². The predicted octanol–water partition coefficient (Wildman–Crippen LogP) is 2.60. The van der Waals surface area contributed by atoms with Gasteiger partial charge in [-0.3, -0.25) is 9.88 Å². The van der Waals surface area contributed by atoms with E-state index in [-0.39, 0.29) is 11.7 Å². The van der Waals surface area contributed by atoms with E-state index >= 15 is 0 Å². The number of hydrogen-bond donors (Lipinski definition) is 3. The van der Waals surface area contributed by atoms with Gasteiger partial charge >= 0.3 is 11.8 Å². The topological polar surface area (TPSA) is 88.2 Å². The van der Waals surface area contributed by atoms with Crippen LogP contribution in [0.4, 0.5) is 10.5 Å². The summed E-state index contributed by atoms with van der Waals surface area (Å²) >= 11 is 0. The van der Waals surface area contributed by atoms with E-state index in [1.165, 1.54) is 0 Å². The third kappa shape index (κ3) is 3.62. The quantitative estimate of drug-likeness (QED) is 0.789. The first-order valence-electron chi connectivity index (χ1n) is 8.28. The number of carbonyl (C=O) groups excluding carboxylic acids is 1. The number of rotatable bonds is 2. The van der Waals surface area contributed by atoms with E-state index in [4.69, 9.17) is 4.74 Å². The average molecular weight is 332 g/mol. The summed E-state index contributed by atoms with van der Waals surface area (Å²) in [7, 11) is 0. The molecule has 7 nitrogen and oxygen atoms in total. The molecule has 1 amide bonds. The largest absolute Gasteiger partial charge is 0.444 e. The van der Waals surface area contributed by atoms with Gasteiger partial charge in [-0.05, 0) is 64.9 Å². The highest BCUT2D eigenvalue weighted by atomic mass is 16.6. The Kier molecular flexibility index (Phi) is 4.36. The Bertz CT molecular complexity index is 794. The molecule has 2 aromatic rings. The van der Waals surface area contributed by atoms with Gasteiger partial charge in [0.05, 0.1) is 11.0 Å². The van der Waals surface area contributed by atoms with Gasteiger partial charge in [0.15, 0.2) is 0 Å². The normalized spacial score (nSPS) is 16.3. The fraction of sp³-hybridized carbons (Fsp3) is 0.529. The summed E-state index contributed by atoms with van der Waals surface area (Å²) in [4.78, 5) is 27.2. The van der Waals surface area contributed by atoms with Crippen molar-refractivity contribution < 1.29 is 9.53 Å². The van der Waals surface area contributed by atoms with Gasteiger partial charge in [-0.25, -0.2) is 9.59 Å². The molecule has 1 aliphatic heterocycles. The second-order valence-corrected chi connectivity index (χ2v) is 7.14. The van der Waals surface area contributed by atoms with Gasteiger partial charge in [0.1, 0.15) is 5.60 Å². The number of piperidine rings is 1. The summed E-state index contributed by atoms with van der Waals surface area (Å²) in [5.41, 5.74) is 1.53. The van der Waals surface area contributed by atoms with Crippen molar-refractivity contribution in [2.24, 2.45) is 0 Å². The number of hydrogen-bond acceptors (Lipinski definition) is 4. The van der Waals surface area contributed by atoms with Crippen molar-refractivity contribution in [3.8, 4) is 0 Å². The Morgan fingerprint density at radius 3 is 2.67 bits per heavy atom. The molecule has 0 spiro atoms. The molecule has 1 fully saturated rings. The maximum Gasteiger partial charge on any atom is 0.412 e. The van der Waals surface area contributed by atoms with Crippen LogP contribution in [0.1, 0.15) is 39.7 Å². The van der Waals surface area contributed by atoms with Gasteiger partial charge in [0.2, 0.25) is 0 Å². The molecular weight excluding hydrogens is 308 g/mol. The van der Waals surface area contributed by atoms with Gasteiger partial charge in [-0.15, -0.1) is 0 Å². The van der Waals surface area contributed by atoms with E-state index < -0.39 is 11.7 Å². The smallest absolute Gasteiger partial charge is 0.412 e. The number of benzene rings is 1. The van der Waals surface area contributed by atoms with Crippen LogP contribution in [0, 0.1) is 0 Å². The highest BCUT2D eigenvalue weighted by molar-refractivity contribution is 5.89. The Morgan fingerprint density at radius 2 is 2.00 bits per heavy atom. The Hall–Kier alpha value is -2.28. The van der Waals surface area contributed by atoms with Gasteiger partial charge in [0, 0.05) is 11.7 Å². The lowest BCUT2D eigenvalue weighted by Gasteiger charge is -2.24. The number of imidazole rings is 1. The molecule has 130 valence electrons. The number of nitrogens with one attached hydrogen (secondary N) is 3. The summed E-state index contributed by atoms with van der Waals surface area (Å²) in [6, 6.07) is 5.55. The Balaban J connectivity index is 1.89. The van der Waals surface area contributed by atoms with Gasteiger partial charge in [-0.1, -0.05) is 0 Å². The number of carbonyl (C=O) groups is 1. The zero-order valence-electron chi connectivity index (χ0n) is 14.3. The molecule has 3 N–H and O–H groups in total. The molecule has 1 aliphatic rings. The Morgan fingerprint density at radius 1 is 1.29 bits per heavy atom. The van der Waals surface area contributed by atoms with Gasteiger partial charge < -0.3 is 15.0 Å². The molecular formula is C17H24N4O3. The first kappa shape index (κ1) is 16.6. The van der Waals surface area contributed by atoms with E-state index in [9.17, 15) is 9.59 Å². The van der Waals surface area contributed by atoms with E-state index in [0.29, 0.717) is 5.69 Å². The third-order valence-corrected chi connectivity index (χ3v) is 4.04. The number of anilines is 1. The van der Waals surface area contributed by atoms with Crippen molar-refractivity contribution in [2.75, 3.05) is 18.4 Å². The molecule has 1 saturated heterocycles. The molecule has 0 aliphatic carbocycles. The number of H-pyrrole nitrogens is 1.